The molecule has 4 rings (SSSR count). The third kappa shape index (κ3) is 3.04. The minimum absolute atomic E-state index is 0.0715. The second-order valence-electron chi connectivity index (χ2n) is 5.88. The zero-order chi connectivity index (χ0) is 18.3. The van der Waals surface area contributed by atoms with Crippen LogP contribution in [0.2, 0.25) is 0 Å². The first-order chi connectivity index (χ1) is 12.5. The molecule has 0 saturated carbocycles. The lowest BCUT2D eigenvalue weighted by molar-refractivity contribution is -0.116. The van der Waals surface area contributed by atoms with Crippen molar-refractivity contribution in [1.29, 1.82) is 0 Å². The van der Waals surface area contributed by atoms with E-state index in [0.29, 0.717) is 21.7 Å². The molecule has 0 bridgehead atoms. The summed E-state index contributed by atoms with van der Waals surface area (Å²) in [5, 5.41) is 3.77. The maximum atomic E-state index is 12.9. The molecule has 0 fully saturated rings. The molecule has 7 heteroatoms. The smallest absolute Gasteiger partial charge is 0.272 e. The molecular formula is C19H14BrN3O2S. The van der Waals surface area contributed by atoms with Gasteiger partial charge in [0, 0.05) is 20.2 Å². The number of hydrogen-bond donors (Lipinski definition) is 1. The number of anilines is 1. The third-order valence-electron chi connectivity index (χ3n) is 4.10. The lowest BCUT2D eigenvalue weighted by Gasteiger charge is -2.10. The summed E-state index contributed by atoms with van der Waals surface area (Å²) in [5.74, 6) is 0.261. The van der Waals surface area contributed by atoms with Crippen LogP contribution in [0.15, 0.2) is 57.8 Å². The lowest BCUT2D eigenvalue weighted by atomic mass is 10.2. The Balaban J connectivity index is 1.70. The number of fused-ring (bicyclic) bond motifs is 3. The van der Waals surface area contributed by atoms with Crippen molar-refractivity contribution in [1.82, 2.24) is 9.55 Å². The summed E-state index contributed by atoms with van der Waals surface area (Å²) in [5.41, 5.74) is 1.21. The average molecular weight is 428 g/mol. The molecule has 0 saturated heterocycles. The zero-order valence-corrected chi connectivity index (χ0v) is 16.2. The van der Waals surface area contributed by atoms with Crippen molar-refractivity contribution < 1.29 is 4.79 Å². The molecule has 0 atom stereocenters. The van der Waals surface area contributed by atoms with E-state index in [1.165, 1.54) is 15.9 Å². The molecule has 0 aliphatic heterocycles. The number of hydrogen-bond acceptors (Lipinski definition) is 4. The highest BCUT2D eigenvalue weighted by atomic mass is 79.9. The summed E-state index contributed by atoms with van der Waals surface area (Å²) in [6.07, 6.45) is 0. The number of rotatable bonds is 3. The van der Waals surface area contributed by atoms with Crippen molar-refractivity contribution in [2.75, 3.05) is 5.32 Å². The monoisotopic (exact) mass is 427 g/mol. The molecule has 26 heavy (non-hydrogen) atoms. The van der Waals surface area contributed by atoms with Gasteiger partial charge in [-0.05, 0) is 37.3 Å². The van der Waals surface area contributed by atoms with Gasteiger partial charge in [0.15, 0.2) is 0 Å². The quantitative estimate of drug-likeness (QED) is 0.529. The van der Waals surface area contributed by atoms with Crippen LogP contribution in [0.4, 0.5) is 5.69 Å². The minimum atomic E-state index is -0.264. The number of carbonyl (C=O) groups is 1. The molecule has 0 aliphatic rings. The van der Waals surface area contributed by atoms with Gasteiger partial charge in [-0.3, -0.25) is 14.2 Å². The molecule has 1 N–H and O–H groups in total. The molecule has 2 heterocycles. The molecule has 0 aliphatic carbocycles. The van der Waals surface area contributed by atoms with Crippen molar-refractivity contribution in [3.63, 3.8) is 0 Å². The molecule has 0 spiro atoms. The van der Waals surface area contributed by atoms with Crippen molar-refractivity contribution in [2.24, 2.45) is 0 Å². The normalized spacial score (nSPS) is 11.2. The highest BCUT2D eigenvalue weighted by Gasteiger charge is 2.15. The predicted octanol–water partition coefficient (Wildman–Crippen LogP) is 4.32. The fraction of sp³-hybridized carbons (Fsp3) is 0.105. The van der Waals surface area contributed by atoms with Crippen LogP contribution in [0, 0.1) is 6.92 Å². The third-order valence-corrected chi connectivity index (χ3v) is 5.78. The molecule has 130 valence electrons. The van der Waals surface area contributed by atoms with Gasteiger partial charge in [-0.2, -0.15) is 0 Å². The van der Waals surface area contributed by atoms with E-state index in [4.69, 9.17) is 0 Å². The second-order valence-corrected chi connectivity index (χ2v) is 7.85. The number of nitrogens with one attached hydrogen (secondary N) is 1. The van der Waals surface area contributed by atoms with E-state index in [0.717, 1.165) is 14.6 Å². The van der Waals surface area contributed by atoms with Gasteiger partial charge in [-0.15, -0.1) is 11.3 Å². The SMILES string of the molecule is Cc1nc2c(sc3ccccc32)c(=O)n1CC(=O)Nc1ccc(Br)cc1. The summed E-state index contributed by atoms with van der Waals surface area (Å²) in [6, 6.07) is 15.1. The van der Waals surface area contributed by atoms with E-state index in [1.807, 2.05) is 36.4 Å². The summed E-state index contributed by atoms with van der Waals surface area (Å²) in [4.78, 5) is 29.9. The average Bonchev–Trinajstić information content (AvgIpc) is 2.99. The van der Waals surface area contributed by atoms with Gasteiger partial charge in [-0.25, -0.2) is 4.98 Å². The van der Waals surface area contributed by atoms with Crippen LogP contribution in [0.1, 0.15) is 5.82 Å². The van der Waals surface area contributed by atoms with Crippen LogP contribution >= 0.6 is 27.3 Å². The maximum absolute atomic E-state index is 12.9. The zero-order valence-electron chi connectivity index (χ0n) is 13.8. The van der Waals surface area contributed by atoms with Crippen LogP contribution in [-0.4, -0.2) is 15.5 Å². The topological polar surface area (TPSA) is 64.0 Å². The number of amides is 1. The number of nitrogens with zero attached hydrogens (tertiary/aromatic N) is 2. The molecule has 0 unspecified atom stereocenters. The summed E-state index contributed by atoms with van der Waals surface area (Å²) >= 11 is 4.77. The largest absolute Gasteiger partial charge is 0.325 e. The Morgan fingerprint density at radius 1 is 1.19 bits per heavy atom. The molecule has 2 aromatic carbocycles. The summed E-state index contributed by atoms with van der Waals surface area (Å²) < 4.78 is 3.95. The highest BCUT2D eigenvalue weighted by Crippen LogP contribution is 2.30. The fourth-order valence-corrected chi connectivity index (χ4v) is 4.20. The molecule has 0 radical (unpaired) electrons. The van der Waals surface area contributed by atoms with Crippen molar-refractivity contribution >= 4 is 59.2 Å². The van der Waals surface area contributed by atoms with E-state index >= 15 is 0 Å². The van der Waals surface area contributed by atoms with E-state index in [1.54, 1.807) is 19.1 Å². The van der Waals surface area contributed by atoms with Gasteiger partial charge in [0.2, 0.25) is 5.91 Å². The van der Waals surface area contributed by atoms with Crippen LogP contribution in [0.25, 0.3) is 20.3 Å². The van der Waals surface area contributed by atoms with Gasteiger partial charge in [0.1, 0.15) is 17.1 Å². The van der Waals surface area contributed by atoms with Gasteiger partial charge < -0.3 is 5.32 Å². The van der Waals surface area contributed by atoms with Crippen LogP contribution < -0.4 is 10.9 Å². The fourth-order valence-electron chi connectivity index (χ4n) is 2.84. The number of benzene rings is 2. The molecule has 2 aromatic heterocycles. The first-order valence-corrected chi connectivity index (χ1v) is 9.58. The first-order valence-electron chi connectivity index (χ1n) is 7.97. The van der Waals surface area contributed by atoms with E-state index < -0.39 is 0 Å². The number of thiophene rings is 1. The van der Waals surface area contributed by atoms with Gasteiger partial charge in [0.25, 0.3) is 5.56 Å². The maximum Gasteiger partial charge on any atom is 0.272 e. The molecule has 4 aromatic rings. The highest BCUT2D eigenvalue weighted by molar-refractivity contribution is 9.10. The van der Waals surface area contributed by atoms with Crippen LogP contribution in [0.3, 0.4) is 0 Å². The van der Waals surface area contributed by atoms with Crippen molar-refractivity contribution in [3.8, 4) is 0 Å². The summed E-state index contributed by atoms with van der Waals surface area (Å²) in [7, 11) is 0. The first kappa shape index (κ1) is 16.9. The predicted molar refractivity (Wildman–Crippen MR) is 109 cm³/mol. The Hall–Kier alpha value is -2.51. The van der Waals surface area contributed by atoms with Gasteiger partial charge in [0.05, 0.1) is 5.52 Å². The Morgan fingerprint density at radius 2 is 1.92 bits per heavy atom. The number of carbonyl (C=O) groups excluding carboxylic acids is 1. The number of aryl methyl sites for hydroxylation is 1. The number of halogens is 1. The van der Waals surface area contributed by atoms with Gasteiger partial charge >= 0.3 is 0 Å². The summed E-state index contributed by atoms with van der Waals surface area (Å²) in [6.45, 7) is 1.68. The Labute approximate surface area is 161 Å². The number of aromatic nitrogens is 2. The van der Waals surface area contributed by atoms with E-state index in [2.05, 4.69) is 26.2 Å². The standard InChI is InChI=1S/C19H14BrN3O2S/c1-11-21-17-14-4-2-3-5-15(14)26-18(17)19(25)23(11)10-16(24)22-13-8-6-12(20)7-9-13/h2-9H,10H2,1H3,(H,22,24). The Morgan fingerprint density at radius 3 is 2.69 bits per heavy atom. The molecule has 5 nitrogen and oxygen atoms in total. The second kappa shape index (κ2) is 6.66. The molecular weight excluding hydrogens is 414 g/mol. The van der Waals surface area contributed by atoms with Crippen LogP contribution in [0.5, 0.6) is 0 Å². The lowest BCUT2D eigenvalue weighted by Crippen LogP contribution is -2.29. The van der Waals surface area contributed by atoms with E-state index in [-0.39, 0.29) is 18.0 Å². The van der Waals surface area contributed by atoms with Crippen LogP contribution in [-0.2, 0) is 11.3 Å². The van der Waals surface area contributed by atoms with E-state index in [9.17, 15) is 9.59 Å². The molecule has 1 amide bonds. The van der Waals surface area contributed by atoms with Gasteiger partial charge in [-0.1, -0.05) is 34.1 Å². The van der Waals surface area contributed by atoms with Crippen molar-refractivity contribution in [2.45, 2.75) is 13.5 Å². The van der Waals surface area contributed by atoms with Crippen molar-refractivity contribution in [3.05, 3.63) is 69.2 Å². The Bertz CT molecular complexity index is 1200. The Kier molecular flexibility index (Phi) is 4.34. The minimum Gasteiger partial charge on any atom is -0.325 e.